The Morgan fingerprint density at radius 1 is 1.18 bits per heavy atom. The molecule has 0 atom stereocenters. The predicted octanol–water partition coefficient (Wildman–Crippen LogP) is 3.00. The molecule has 0 nitrogen and oxygen atoms in total. The highest BCUT2D eigenvalue weighted by molar-refractivity contribution is 5.21. The Bertz CT molecular complexity index is 213. The van der Waals surface area contributed by atoms with Crippen molar-refractivity contribution in [2.45, 2.75) is 33.1 Å². The van der Waals surface area contributed by atoms with E-state index in [0.29, 0.717) is 0 Å². The van der Waals surface area contributed by atoms with Gasteiger partial charge in [-0.3, -0.25) is 0 Å². The number of benzene rings is 1. The minimum atomic E-state index is 1.09. The van der Waals surface area contributed by atoms with Crippen LogP contribution in [0.4, 0.5) is 0 Å². The summed E-state index contributed by atoms with van der Waals surface area (Å²) in [7, 11) is 0. The smallest absolute Gasteiger partial charge is 0.0114 e. The summed E-state index contributed by atoms with van der Waals surface area (Å²) in [6.07, 6.45) is 3.47. The average molecular weight is 147 g/mol. The number of hydrogen-bond acceptors (Lipinski definition) is 0. The molecule has 0 aliphatic heterocycles. The Balaban J connectivity index is 2.74. The van der Waals surface area contributed by atoms with E-state index in [-0.39, 0.29) is 0 Å². The van der Waals surface area contributed by atoms with Crippen molar-refractivity contribution in [3.05, 3.63) is 35.4 Å². The Hall–Kier alpha value is -0.780. The summed E-state index contributed by atoms with van der Waals surface area (Å²) in [5.74, 6) is 0. The molecule has 0 aliphatic carbocycles. The number of aryl methyl sites for hydroxylation is 2. The third-order valence-electron chi connectivity index (χ3n) is 1.82. The van der Waals surface area contributed by atoms with Crippen molar-refractivity contribution in [1.82, 2.24) is 0 Å². The molecule has 1 rings (SSSR count). The van der Waals surface area contributed by atoms with Crippen molar-refractivity contribution in [2.75, 3.05) is 0 Å². The van der Waals surface area contributed by atoms with Crippen molar-refractivity contribution in [2.24, 2.45) is 0 Å². The molecule has 0 heterocycles. The van der Waals surface area contributed by atoms with Crippen LogP contribution in [0.2, 0.25) is 0 Å². The summed E-state index contributed by atoms with van der Waals surface area (Å²) in [5.41, 5.74) is 2.68. The first-order valence-electron chi connectivity index (χ1n) is 4.37. The summed E-state index contributed by atoms with van der Waals surface area (Å²) in [6, 6.07) is 9.81. The zero-order valence-electron chi connectivity index (χ0n) is 7.35. The van der Waals surface area contributed by atoms with E-state index in [0.717, 1.165) is 12.8 Å². The third-order valence-corrected chi connectivity index (χ3v) is 1.82. The van der Waals surface area contributed by atoms with Crippen LogP contribution < -0.4 is 0 Å². The first kappa shape index (κ1) is 8.32. The van der Waals surface area contributed by atoms with Gasteiger partial charge in [0.2, 0.25) is 0 Å². The first-order valence-corrected chi connectivity index (χ1v) is 4.37. The molecule has 0 aliphatic rings. The standard InChI is InChI=1S/C11H15/c1-3-6-11-8-5-7-10(4-2)9-11/h5,7-8H,3-4,6H2,1-2H3. The highest BCUT2D eigenvalue weighted by atomic mass is 14.0. The topological polar surface area (TPSA) is 0 Å². The minimum Gasteiger partial charge on any atom is -0.0651 e. The van der Waals surface area contributed by atoms with Gasteiger partial charge in [0.25, 0.3) is 0 Å². The predicted molar refractivity (Wildman–Crippen MR) is 48.7 cm³/mol. The maximum Gasteiger partial charge on any atom is -0.0114 e. The molecule has 0 saturated heterocycles. The molecular formula is C11H15. The molecule has 59 valence electrons. The largest absolute Gasteiger partial charge is 0.0651 e. The van der Waals surface area contributed by atoms with E-state index in [9.17, 15) is 0 Å². The van der Waals surface area contributed by atoms with Crippen molar-refractivity contribution in [3.63, 3.8) is 0 Å². The maximum atomic E-state index is 3.40. The zero-order chi connectivity index (χ0) is 8.10. The van der Waals surface area contributed by atoms with E-state index in [1.807, 2.05) is 0 Å². The van der Waals surface area contributed by atoms with Crippen molar-refractivity contribution < 1.29 is 0 Å². The molecule has 0 fully saturated rings. The highest BCUT2D eigenvalue weighted by Gasteiger charge is 1.92. The molecule has 0 bridgehead atoms. The lowest BCUT2D eigenvalue weighted by molar-refractivity contribution is 0.915. The van der Waals surface area contributed by atoms with E-state index in [1.54, 1.807) is 0 Å². The molecule has 1 aromatic rings. The summed E-state index contributed by atoms with van der Waals surface area (Å²) >= 11 is 0. The SMILES string of the molecule is CCCc1[c]c(CC)ccc1. The van der Waals surface area contributed by atoms with Crippen molar-refractivity contribution in [1.29, 1.82) is 0 Å². The second-order valence-corrected chi connectivity index (χ2v) is 2.80. The van der Waals surface area contributed by atoms with E-state index in [1.165, 1.54) is 17.5 Å². The molecule has 0 aromatic heterocycles. The van der Waals surface area contributed by atoms with Crippen LogP contribution in [0.25, 0.3) is 0 Å². The molecule has 0 unspecified atom stereocenters. The molecule has 0 spiro atoms. The zero-order valence-corrected chi connectivity index (χ0v) is 7.35. The van der Waals surface area contributed by atoms with Gasteiger partial charge in [0.05, 0.1) is 0 Å². The van der Waals surface area contributed by atoms with Crippen LogP contribution in [0.5, 0.6) is 0 Å². The molecule has 0 heteroatoms. The molecule has 0 N–H and O–H groups in total. The fraction of sp³-hybridized carbons (Fsp3) is 0.455. The monoisotopic (exact) mass is 147 g/mol. The van der Waals surface area contributed by atoms with Crippen LogP contribution in [-0.4, -0.2) is 0 Å². The van der Waals surface area contributed by atoms with Crippen LogP contribution >= 0.6 is 0 Å². The van der Waals surface area contributed by atoms with Gasteiger partial charge >= 0.3 is 0 Å². The van der Waals surface area contributed by atoms with Gasteiger partial charge < -0.3 is 0 Å². The summed E-state index contributed by atoms with van der Waals surface area (Å²) in [6.45, 7) is 4.37. The summed E-state index contributed by atoms with van der Waals surface area (Å²) in [5, 5.41) is 0. The lowest BCUT2D eigenvalue weighted by Crippen LogP contribution is -1.86. The minimum absolute atomic E-state index is 1.09. The normalized spacial score (nSPS) is 10.0. The van der Waals surface area contributed by atoms with Crippen LogP contribution in [-0.2, 0) is 12.8 Å². The molecule has 0 amide bonds. The van der Waals surface area contributed by atoms with E-state index in [2.05, 4.69) is 38.1 Å². The van der Waals surface area contributed by atoms with E-state index in [4.69, 9.17) is 0 Å². The van der Waals surface area contributed by atoms with Gasteiger partial charge in [0, 0.05) is 0 Å². The second kappa shape index (κ2) is 4.17. The fourth-order valence-corrected chi connectivity index (χ4v) is 1.19. The van der Waals surface area contributed by atoms with Gasteiger partial charge in [-0.2, -0.15) is 0 Å². The van der Waals surface area contributed by atoms with Crippen LogP contribution in [0, 0.1) is 6.07 Å². The average Bonchev–Trinajstić information content (AvgIpc) is 2.06. The Morgan fingerprint density at radius 2 is 1.91 bits per heavy atom. The fourth-order valence-electron chi connectivity index (χ4n) is 1.19. The van der Waals surface area contributed by atoms with Gasteiger partial charge in [0.15, 0.2) is 0 Å². The molecule has 0 saturated carbocycles. The number of rotatable bonds is 3. The van der Waals surface area contributed by atoms with Gasteiger partial charge in [-0.15, -0.1) is 0 Å². The lowest BCUT2D eigenvalue weighted by Gasteiger charge is -1.99. The first-order chi connectivity index (χ1) is 5.36. The lowest BCUT2D eigenvalue weighted by atomic mass is 10.1. The summed E-state index contributed by atoms with van der Waals surface area (Å²) < 4.78 is 0. The molecule has 1 aromatic carbocycles. The Kier molecular flexibility index (Phi) is 3.15. The van der Waals surface area contributed by atoms with Crippen LogP contribution in [0.15, 0.2) is 18.2 Å². The van der Waals surface area contributed by atoms with Gasteiger partial charge in [-0.1, -0.05) is 38.5 Å². The quantitative estimate of drug-likeness (QED) is 0.616. The van der Waals surface area contributed by atoms with Crippen LogP contribution in [0.1, 0.15) is 31.4 Å². The second-order valence-electron chi connectivity index (χ2n) is 2.80. The third kappa shape index (κ3) is 2.38. The maximum absolute atomic E-state index is 3.40. The van der Waals surface area contributed by atoms with E-state index < -0.39 is 0 Å². The number of hydrogen-bond donors (Lipinski definition) is 0. The van der Waals surface area contributed by atoms with Crippen molar-refractivity contribution in [3.8, 4) is 0 Å². The summed E-state index contributed by atoms with van der Waals surface area (Å²) in [4.78, 5) is 0. The Morgan fingerprint density at radius 3 is 2.55 bits per heavy atom. The van der Waals surface area contributed by atoms with Gasteiger partial charge in [0.1, 0.15) is 0 Å². The van der Waals surface area contributed by atoms with E-state index >= 15 is 0 Å². The van der Waals surface area contributed by atoms with Crippen LogP contribution in [0.3, 0.4) is 0 Å². The molecule has 11 heavy (non-hydrogen) atoms. The molecular weight excluding hydrogens is 132 g/mol. The highest BCUT2D eigenvalue weighted by Crippen LogP contribution is 2.06. The molecule has 1 radical (unpaired) electrons. The Labute approximate surface area is 69.3 Å². The van der Waals surface area contributed by atoms with Crippen molar-refractivity contribution >= 4 is 0 Å². The van der Waals surface area contributed by atoms with Gasteiger partial charge in [-0.05, 0) is 30.0 Å². The van der Waals surface area contributed by atoms with Gasteiger partial charge in [-0.25, -0.2) is 0 Å².